The zero-order valence-corrected chi connectivity index (χ0v) is 16.3. The molecule has 0 unspecified atom stereocenters. The summed E-state index contributed by atoms with van der Waals surface area (Å²) in [6.07, 6.45) is 0. The van der Waals surface area contributed by atoms with Crippen molar-refractivity contribution in [2.24, 2.45) is 0 Å². The SMILES string of the molecule is COc1ccc(C(=O)OCC(=O)N[C@H](C)c2ccc(C)c(C)c2)c(OC)c1. The normalized spacial score (nSPS) is 11.4. The van der Waals surface area contributed by atoms with Crippen molar-refractivity contribution in [3.63, 3.8) is 0 Å². The second-order valence-electron chi connectivity index (χ2n) is 6.28. The van der Waals surface area contributed by atoms with Gasteiger partial charge in [0.1, 0.15) is 17.1 Å². The second kappa shape index (κ2) is 9.07. The first-order valence-electron chi connectivity index (χ1n) is 8.61. The molecule has 2 aromatic carbocycles. The van der Waals surface area contributed by atoms with Crippen molar-refractivity contribution in [3.05, 3.63) is 58.7 Å². The number of methoxy groups -OCH3 is 2. The largest absolute Gasteiger partial charge is 0.497 e. The molecule has 0 radical (unpaired) electrons. The lowest BCUT2D eigenvalue weighted by atomic mass is 10.0. The quantitative estimate of drug-likeness (QED) is 0.756. The highest BCUT2D eigenvalue weighted by Gasteiger charge is 2.17. The zero-order chi connectivity index (χ0) is 20.0. The number of amides is 1. The van der Waals surface area contributed by atoms with Crippen molar-refractivity contribution in [1.29, 1.82) is 0 Å². The Morgan fingerprint density at radius 1 is 1.00 bits per heavy atom. The van der Waals surface area contributed by atoms with Crippen LogP contribution in [0, 0.1) is 13.8 Å². The van der Waals surface area contributed by atoms with Gasteiger partial charge in [-0.3, -0.25) is 4.79 Å². The average Bonchev–Trinajstić information content (AvgIpc) is 2.67. The van der Waals surface area contributed by atoms with Gasteiger partial charge in [0, 0.05) is 6.07 Å². The van der Waals surface area contributed by atoms with Gasteiger partial charge < -0.3 is 19.5 Å². The summed E-state index contributed by atoms with van der Waals surface area (Å²) >= 11 is 0. The molecule has 2 aromatic rings. The van der Waals surface area contributed by atoms with Gasteiger partial charge in [-0.2, -0.15) is 0 Å². The molecule has 6 nitrogen and oxygen atoms in total. The third-order valence-corrected chi connectivity index (χ3v) is 4.37. The van der Waals surface area contributed by atoms with E-state index in [0.29, 0.717) is 11.5 Å². The predicted octanol–water partition coefficient (Wildman–Crippen LogP) is 3.35. The van der Waals surface area contributed by atoms with E-state index in [1.54, 1.807) is 12.1 Å². The van der Waals surface area contributed by atoms with E-state index in [9.17, 15) is 9.59 Å². The lowest BCUT2D eigenvalue weighted by molar-refractivity contribution is -0.124. The average molecular weight is 371 g/mol. The van der Waals surface area contributed by atoms with E-state index in [0.717, 1.165) is 11.1 Å². The van der Waals surface area contributed by atoms with Crippen LogP contribution in [0.2, 0.25) is 0 Å². The molecule has 0 heterocycles. The number of benzene rings is 2. The minimum atomic E-state index is -0.636. The van der Waals surface area contributed by atoms with Crippen LogP contribution in [0.4, 0.5) is 0 Å². The number of carbonyl (C=O) groups excluding carboxylic acids is 2. The molecule has 27 heavy (non-hydrogen) atoms. The Hall–Kier alpha value is -3.02. The molecular weight excluding hydrogens is 346 g/mol. The smallest absolute Gasteiger partial charge is 0.342 e. The first-order chi connectivity index (χ1) is 12.8. The van der Waals surface area contributed by atoms with E-state index in [4.69, 9.17) is 14.2 Å². The Labute approximate surface area is 159 Å². The van der Waals surface area contributed by atoms with Gasteiger partial charge in [0.2, 0.25) is 0 Å². The number of hydrogen-bond acceptors (Lipinski definition) is 5. The van der Waals surface area contributed by atoms with E-state index in [1.807, 2.05) is 39.0 Å². The maximum Gasteiger partial charge on any atom is 0.342 e. The molecule has 6 heteroatoms. The van der Waals surface area contributed by atoms with Gasteiger partial charge in [-0.15, -0.1) is 0 Å². The van der Waals surface area contributed by atoms with Crippen LogP contribution in [-0.4, -0.2) is 32.7 Å². The van der Waals surface area contributed by atoms with Gasteiger partial charge in [-0.05, 0) is 49.6 Å². The van der Waals surface area contributed by atoms with Gasteiger partial charge in [-0.25, -0.2) is 4.79 Å². The van der Waals surface area contributed by atoms with Crippen molar-refractivity contribution < 1.29 is 23.8 Å². The molecule has 1 N–H and O–H groups in total. The van der Waals surface area contributed by atoms with Gasteiger partial charge in [-0.1, -0.05) is 18.2 Å². The van der Waals surface area contributed by atoms with E-state index < -0.39 is 5.97 Å². The monoisotopic (exact) mass is 371 g/mol. The van der Waals surface area contributed by atoms with Crippen LogP contribution in [-0.2, 0) is 9.53 Å². The Bertz CT molecular complexity index is 831. The van der Waals surface area contributed by atoms with Crippen molar-refractivity contribution in [1.82, 2.24) is 5.32 Å². The minimum absolute atomic E-state index is 0.189. The summed E-state index contributed by atoms with van der Waals surface area (Å²) < 4.78 is 15.4. The van der Waals surface area contributed by atoms with Crippen molar-refractivity contribution in [2.45, 2.75) is 26.8 Å². The molecule has 0 fully saturated rings. The number of esters is 1. The first kappa shape index (κ1) is 20.3. The number of ether oxygens (including phenoxy) is 3. The van der Waals surface area contributed by atoms with Crippen LogP contribution in [0.5, 0.6) is 11.5 Å². The molecule has 1 amide bonds. The molecule has 0 aliphatic carbocycles. The van der Waals surface area contributed by atoms with Crippen molar-refractivity contribution in [2.75, 3.05) is 20.8 Å². The molecule has 0 spiro atoms. The van der Waals surface area contributed by atoms with Gasteiger partial charge in [0.25, 0.3) is 5.91 Å². The van der Waals surface area contributed by atoms with Crippen LogP contribution >= 0.6 is 0 Å². The van der Waals surface area contributed by atoms with Gasteiger partial charge in [0.15, 0.2) is 6.61 Å². The summed E-state index contributed by atoms with van der Waals surface area (Å²) in [4.78, 5) is 24.4. The summed E-state index contributed by atoms with van der Waals surface area (Å²) in [5.74, 6) is -0.128. The summed E-state index contributed by atoms with van der Waals surface area (Å²) in [5, 5.41) is 2.83. The maximum absolute atomic E-state index is 12.2. The number of rotatable bonds is 7. The third kappa shape index (κ3) is 5.23. The van der Waals surface area contributed by atoms with Crippen molar-refractivity contribution >= 4 is 11.9 Å². The number of carbonyl (C=O) groups is 2. The fourth-order valence-electron chi connectivity index (χ4n) is 2.58. The molecule has 0 bridgehead atoms. The molecule has 0 aromatic heterocycles. The topological polar surface area (TPSA) is 73.9 Å². The van der Waals surface area contributed by atoms with Crippen LogP contribution in [0.15, 0.2) is 36.4 Å². The Kier molecular flexibility index (Phi) is 6.82. The molecule has 0 saturated carbocycles. The highest BCUT2D eigenvalue weighted by molar-refractivity contribution is 5.94. The molecule has 144 valence electrons. The summed E-state index contributed by atoms with van der Waals surface area (Å²) in [6.45, 7) is 5.58. The zero-order valence-electron chi connectivity index (χ0n) is 16.3. The maximum atomic E-state index is 12.2. The molecule has 2 rings (SSSR count). The summed E-state index contributed by atoms with van der Waals surface area (Å²) in [6, 6.07) is 10.6. The second-order valence-corrected chi connectivity index (χ2v) is 6.28. The van der Waals surface area contributed by atoms with E-state index >= 15 is 0 Å². The molecule has 1 atom stereocenters. The molecule has 0 saturated heterocycles. The lowest BCUT2D eigenvalue weighted by Crippen LogP contribution is -2.31. The number of hydrogen-bond donors (Lipinski definition) is 1. The summed E-state index contributed by atoms with van der Waals surface area (Å²) in [7, 11) is 2.97. The molecule has 0 aliphatic heterocycles. The van der Waals surface area contributed by atoms with E-state index in [-0.39, 0.29) is 24.1 Å². The van der Waals surface area contributed by atoms with Gasteiger partial charge >= 0.3 is 5.97 Å². The van der Waals surface area contributed by atoms with E-state index in [1.165, 1.54) is 25.8 Å². The molecule has 0 aliphatic rings. The Morgan fingerprint density at radius 2 is 1.74 bits per heavy atom. The van der Waals surface area contributed by atoms with E-state index in [2.05, 4.69) is 5.32 Å². The van der Waals surface area contributed by atoms with Crippen molar-refractivity contribution in [3.8, 4) is 11.5 Å². The van der Waals surface area contributed by atoms with Crippen LogP contribution in [0.25, 0.3) is 0 Å². The van der Waals surface area contributed by atoms with Crippen LogP contribution < -0.4 is 14.8 Å². The number of nitrogens with one attached hydrogen (secondary N) is 1. The standard InChI is InChI=1S/C21H25NO5/c1-13-6-7-16(10-14(13)2)15(3)22-20(23)12-27-21(24)18-9-8-17(25-4)11-19(18)26-5/h6-11,15H,12H2,1-5H3,(H,22,23)/t15-/m1/s1. The van der Waals surface area contributed by atoms with Crippen LogP contribution in [0.3, 0.4) is 0 Å². The molecular formula is C21H25NO5. The van der Waals surface area contributed by atoms with Crippen LogP contribution in [0.1, 0.15) is 40.0 Å². The fourth-order valence-corrected chi connectivity index (χ4v) is 2.58. The first-order valence-corrected chi connectivity index (χ1v) is 8.61. The fraction of sp³-hybridized carbons (Fsp3) is 0.333. The van der Waals surface area contributed by atoms with Gasteiger partial charge in [0.05, 0.1) is 20.3 Å². The summed E-state index contributed by atoms with van der Waals surface area (Å²) in [5.41, 5.74) is 3.58. The minimum Gasteiger partial charge on any atom is -0.497 e. The highest BCUT2D eigenvalue weighted by atomic mass is 16.5. The third-order valence-electron chi connectivity index (χ3n) is 4.37. The number of aryl methyl sites for hydroxylation is 2. The lowest BCUT2D eigenvalue weighted by Gasteiger charge is -2.16. The predicted molar refractivity (Wildman–Crippen MR) is 102 cm³/mol. The Morgan fingerprint density at radius 3 is 2.37 bits per heavy atom. The highest BCUT2D eigenvalue weighted by Crippen LogP contribution is 2.25. The Balaban J connectivity index is 1.94.